The highest BCUT2D eigenvalue weighted by atomic mass is 35.5. The van der Waals surface area contributed by atoms with Crippen LogP contribution < -0.4 is 5.32 Å². The molecule has 1 heterocycles. The van der Waals surface area contributed by atoms with Gasteiger partial charge in [0.2, 0.25) is 11.8 Å². The molecule has 1 fully saturated rings. The predicted octanol–water partition coefficient (Wildman–Crippen LogP) is 2.55. The molecule has 116 valence electrons. The van der Waals surface area contributed by atoms with Crippen molar-refractivity contribution in [1.29, 1.82) is 0 Å². The molecular formula is C15H27ClN2O2. The summed E-state index contributed by atoms with van der Waals surface area (Å²) in [5.74, 6) is 0.917. The van der Waals surface area contributed by atoms with Crippen molar-refractivity contribution in [1.82, 2.24) is 10.2 Å². The van der Waals surface area contributed by atoms with Gasteiger partial charge >= 0.3 is 0 Å². The number of carbonyl (C=O) groups is 2. The third kappa shape index (κ3) is 5.70. The molecule has 2 amide bonds. The van der Waals surface area contributed by atoms with E-state index < -0.39 is 0 Å². The number of hydrogen-bond acceptors (Lipinski definition) is 2. The van der Waals surface area contributed by atoms with Crippen molar-refractivity contribution in [2.75, 3.05) is 19.0 Å². The van der Waals surface area contributed by atoms with Crippen molar-refractivity contribution in [2.24, 2.45) is 5.41 Å². The molecule has 1 saturated heterocycles. The summed E-state index contributed by atoms with van der Waals surface area (Å²) in [5.41, 5.74) is -0.322. The Balaban J connectivity index is 2.28. The van der Waals surface area contributed by atoms with Gasteiger partial charge in [0.25, 0.3) is 0 Å². The van der Waals surface area contributed by atoms with E-state index in [2.05, 4.69) is 5.32 Å². The molecule has 4 nitrogen and oxygen atoms in total. The smallest absolute Gasteiger partial charge is 0.227 e. The normalized spacial score (nSPS) is 17.1. The molecule has 0 aromatic rings. The van der Waals surface area contributed by atoms with Crippen LogP contribution in [0.3, 0.4) is 0 Å². The minimum absolute atomic E-state index is 0.107. The number of nitrogens with zero attached hydrogens (tertiary/aromatic N) is 1. The third-order valence-electron chi connectivity index (χ3n) is 3.58. The molecule has 0 radical (unpaired) electrons. The van der Waals surface area contributed by atoms with E-state index in [1.54, 1.807) is 0 Å². The molecule has 20 heavy (non-hydrogen) atoms. The van der Waals surface area contributed by atoms with Gasteiger partial charge in [0, 0.05) is 36.8 Å². The Bertz CT molecular complexity index is 331. The Morgan fingerprint density at radius 3 is 2.30 bits per heavy atom. The molecule has 1 rings (SSSR count). The van der Waals surface area contributed by atoms with Crippen molar-refractivity contribution in [3.8, 4) is 0 Å². The van der Waals surface area contributed by atoms with Gasteiger partial charge in [-0.1, -0.05) is 20.8 Å². The Morgan fingerprint density at radius 1 is 1.20 bits per heavy atom. The highest BCUT2D eigenvalue weighted by Crippen LogP contribution is 2.21. The van der Waals surface area contributed by atoms with E-state index >= 15 is 0 Å². The van der Waals surface area contributed by atoms with E-state index in [0.717, 1.165) is 38.8 Å². The summed E-state index contributed by atoms with van der Waals surface area (Å²) in [6.07, 6.45) is 3.98. The van der Waals surface area contributed by atoms with Crippen molar-refractivity contribution >= 4 is 23.4 Å². The van der Waals surface area contributed by atoms with Crippen LogP contribution in [0.2, 0.25) is 0 Å². The molecule has 1 aliphatic heterocycles. The van der Waals surface area contributed by atoms with Gasteiger partial charge in [-0.3, -0.25) is 9.59 Å². The van der Waals surface area contributed by atoms with E-state index in [4.69, 9.17) is 11.6 Å². The second kappa shape index (κ2) is 7.87. The lowest BCUT2D eigenvalue weighted by molar-refractivity contribution is -0.140. The van der Waals surface area contributed by atoms with E-state index in [9.17, 15) is 9.59 Å². The molecule has 1 N–H and O–H groups in total. The molecule has 0 aromatic heterocycles. The molecule has 0 spiro atoms. The van der Waals surface area contributed by atoms with Crippen molar-refractivity contribution in [2.45, 2.75) is 58.9 Å². The van der Waals surface area contributed by atoms with Gasteiger partial charge in [0.15, 0.2) is 0 Å². The second-order valence-electron chi connectivity index (χ2n) is 6.53. The van der Waals surface area contributed by atoms with Crippen molar-refractivity contribution in [3.63, 3.8) is 0 Å². The molecular weight excluding hydrogens is 276 g/mol. The number of alkyl halides is 1. The monoisotopic (exact) mass is 302 g/mol. The van der Waals surface area contributed by atoms with Crippen LogP contribution in [0.5, 0.6) is 0 Å². The highest BCUT2D eigenvalue weighted by Gasteiger charge is 2.30. The van der Waals surface area contributed by atoms with Crippen LogP contribution in [0, 0.1) is 5.41 Å². The average Bonchev–Trinajstić information content (AvgIpc) is 2.38. The number of hydrogen-bond donors (Lipinski definition) is 1. The first-order valence-corrected chi connectivity index (χ1v) is 8.02. The number of unbranched alkanes of at least 4 members (excludes halogenated alkanes) is 1. The summed E-state index contributed by atoms with van der Waals surface area (Å²) in [4.78, 5) is 25.8. The zero-order chi connectivity index (χ0) is 15.2. The topological polar surface area (TPSA) is 49.4 Å². The van der Waals surface area contributed by atoms with Crippen LogP contribution in [0.15, 0.2) is 0 Å². The van der Waals surface area contributed by atoms with Crippen LogP contribution in [0.1, 0.15) is 52.9 Å². The lowest BCUT2D eigenvalue weighted by Gasteiger charge is -2.36. The Labute approximate surface area is 127 Å². The van der Waals surface area contributed by atoms with Crippen molar-refractivity contribution in [3.05, 3.63) is 0 Å². The largest absolute Gasteiger partial charge is 0.353 e. The Morgan fingerprint density at radius 2 is 1.80 bits per heavy atom. The summed E-state index contributed by atoms with van der Waals surface area (Å²) in [6, 6.07) is 0.211. The summed E-state index contributed by atoms with van der Waals surface area (Å²) in [5, 5.41) is 3.06. The summed E-state index contributed by atoms with van der Waals surface area (Å²) < 4.78 is 0. The van der Waals surface area contributed by atoms with E-state index in [1.165, 1.54) is 0 Å². The summed E-state index contributed by atoms with van der Waals surface area (Å²) in [7, 11) is 0. The SMILES string of the molecule is CC(C)(C)C(=O)N1CCC(NC(=O)CCCCCl)CC1. The molecule has 0 aromatic carbocycles. The molecule has 0 aliphatic carbocycles. The van der Waals surface area contributed by atoms with Crippen LogP contribution in [-0.4, -0.2) is 41.7 Å². The molecule has 0 unspecified atom stereocenters. The minimum Gasteiger partial charge on any atom is -0.353 e. The minimum atomic E-state index is -0.322. The fraction of sp³-hybridized carbons (Fsp3) is 0.867. The van der Waals surface area contributed by atoms with Gasteiger partial charge in [0.1, 0.15) is 0 Å². The zero-order valence-electron chi connectivity index (χ0n) is 12.9. The van der Waals surface area contributed by atoms with Crippen LogP contribution in [0.25, 0.3) is 0 Å². The number of likely N-dealkylation sites (tertiary alicyclic amines) is 1. The molecule has 1 aliphatic rings. The van der Waals surface area contributed by atoms with Crippen LogP contribution in [0.4, 0.5) is 0 Å². The third-order valence-corrected chi connectivity index (χ3v) is 3.84. The Hall–Kier alpha value is -0.770. The molecule has 0 saturated carbocycles. The summed E-state index contributed by atoms with van der Waals surface area (Å²) >= 11 is 5.59. The maximum absolute atomic E-state index is 12.1. The number of amides is 2. The lowest BCUT2D eigenvalue weighted by Crippen LogP contribution is -2.49. The van der Waals surface area contributed by atoms with Gasteiger partial charge in [-0.2, -0.15) is 0 Å². The first kappa shape index (κ1) is 17.3. The van der Waals surface area contributed by atoms with Gasteiger partial charge in [-0.05, 0) is 25.7 Å². The maximum atomic E-state index is 12.1. The second-order valence-corrected chi connectivity index (χ2v) is 6.91. The van der Waals surface area contributed by atoms with Gasteiger partial charge < -0.3 is 10.2 Å². The number of rotatable bonds is 5. The molecule has 0 atom stereocenters. The Kier molecular flexibility index (Phi) is 6.80. The first-order valence-electron chi connectivity index (χ1n) is 7.49. The maximum Gasteiger partial charge on any atom is 0.227 e. The quantitative estimate of drug-likeness (QED) is 0.627. The lowest BCUT2D eigenvalue weighted by atomic mass is 9.93. The van der Waals surface area contributed by atoms with Crippen LogP contribution >= 0.6 is 11.6 Å². The van der Waals surface area contributed by atoms with E-state index in [0.29, 0.717) is 12.3 Å². The number of piperidine rings is 1. The van der Waals surface area contributed by atoms with Gasteiger partial charge in [0.05, 0.1) is 0 Å². The van der Waals surface area contributed by atoms with Crippen LogP contribution in [-0.2, 0) is 9.59 Å². The number of halogens is 1. The van der Waals surface area contributed by atoms with E-state index in [1.807, 2.05) is 25.7 Å². The van der Waals surface area contributed by atoms with Crippen molar-refractivity contribution < 1.29 is 9.59 Å². The summed E-state index contributed by atoms with van der Waals surface area (Å²) in [6.45, 7) is 7.31. The first-order chi connectivity index (χ1) is 9.34. The zero-order valence-corrected chi connectivity index (χ0v) is 13.6. The van der Waals surface area contributed by atoms with E-state index in [-0.39, 0.29) is 23.3 Å². The average molecular weight is 303 g/mol. The number of nitrogens with one attached hydrogen (secondary N) is 1. The van der Waals surface area contributed by atoms with Gasteiger partial charge in [-0.25, -0.2) is 0 Å². The standard InChI is InChI=1S/C15H27ClN2O2/c1-15(2,3)14(20)18-10-7-12(8-11-18)17-13(19)6-4-5-9-16/h12H,4-11H2,1-3H3,(H,17,19). The molecule has 5 heteroatoms. The fourth-order valence-corrected chi connectivity index (χ4v) is 2.57. The fourth-order valence-electron chi connectivity index (χ4n) is 2.38. The predicted molar refractivity (Wildman–Crippen MR) is 81.8 cm³/mol. The highest BCUT2D eigenvalue weighted by molar-refractivity contribution is 6.17. The molecule has 0 bridgehead atoms. The number of carbonyl (C=O) groups excluding carboxylic acids is 2. The van der Waals surface area contributed by atoms with Gasteiger partial charge in [-0.15, -0.1) is 11.6 Å².